The molecule has 0 aromatic heterocycles. The molecular weight excluding hydrogens is 442 g/mol. The number of hydrogen-bond donors (Lipinski definition) is 1. The lowest BCUT2D eigenvalue weighted by Gasteiger charge is -2.51. The Labute approximate surface area is 185 Å². The summed E-state index contributed by atoms with van der Waals surface area (Å²) in [5.74, 6) is -1.54. The summed E-state index contributed by atoms with van der Waals surface area (Å²) >= 11 is 0. The number of hydrogen-bond acceptors (Lipinski definition) is 5. The number of alkyl halides is 2. The molecule has 1 saturated heterocycles. The van der Waals surface area contributed by atoms with Gasteiger partial charge in [0, 0.05) is 12.6 Å². The number of nitrogens with one attached hydrogen (secondary N) is 1. The van der Waals surface area contributed by atoms with Gasteiger partial charge in [-0.15, -0.1) is 0 Å². The Kier molecular flexibility index (Phi) is 6.28. The van der Waals surface area contributed by atoms with Crippen molar-refractivity contribution in [2.24, 2.45) is 0 Å². The Bertz CT molecular complexity index is 1120. The number of nitrogens with zero attached hydrogens (tertiary/aromatic N) is 1. The van der Waals surface area contributed by atoms with E-state index in [2.05, 4.69) is 4.74 Å². The standard InChI is InChI=1S/C22H24F2N2O5S/c1-21(2,15-8-5-4-6-9-15)19(28)26-13-12-22(26,3)18(27)25-32(29,30)17-11-7-10-16(14-17)31-20(23)24/h4-11,14,20H,12-13H2,1-3H3,(H,25,27). The van der Waals surface area contributed by atoms with Crippen LogP contribution in [0, 0.1) is 0 Å². The van der Waals surface area contributed by atoms with Gasteiger partial charge in [-0.3, -0.25) is 9.59 Å². The molecule has 2 aromatic carbocycles. The normalized spacial score (nSPS) is 18.8. The minimum atomic E-state index is -4.38. The van der Waals surface area contributed by atoms with E-state index in [0.717, 1.165) is 17.7 Å². The average molecular weight is 467 g/mol. The predicted octanol–water partition coefficient (Wildman–Crippen LogP) is 3.06. The van der Waals surface area contributed by atoms with Gasteiger partial charge in [-0.25, -0.2) is 13.1 Å². The molecule has 1 aliphatic heterocycles. The molecule has 1 fully saturated rings. The van der Waals surface area contributed by atoms with E-state index in [1.807, 2.05) is 35.1 Å². The van der Waals surface area contributed by atoms with Crippen molar-refractivity contribution >= 4 is 21.8 Å². The molecule has 172 valence electrons. The minimum absolute atomic E-state index is 0.277. The highest BCUT2D eigenvalue weighted by molar-refractivity contribution is 7.90. The Morgan fingerprint density at radius 3 is 2.34 bits per heavy atom. The maximum atomic E-state index is 13.3. The van der Waals surface area contributed by atoms with E-state index in [-0.39, 0.29) is 18.1 Å². The van der Waals surface area contributed by atoms with Crippen LogP contribution in [0.4, 0.5) is 8.78 Å². The minimum Gasteiger partial charge on any atom is -0.435 e. The zero-order valence-electron chi connectivity index (χ0n) is 17.8. The van der Waals surface area contributed by atoms with Crippen molar-refractivity contribution in [2.75, 3.05) is 6.54 Å². The molecule has 0 bridgehead atoms. The van der Waals surface area contributed by atoms with E-state index >= 15 is 0 Å². The van der Waals surface area contributed by atoms with Crippen LogP contribution in [0.3, 0.4) is 0 Å². The van der Waals surface area contributed by atoms with E-state index in [0.29, 0.717) is 6.54 Å². The number of benzene rings is 2. The molecule has 1 atom stereocenters. The van der Waals surface area contributed by atoms with Gasteiger partial charge in [0.15, 0.2) is 0 Å². The number of sulfonamides is 1. The van der Waals surface area contributed by atoms with Gasteiger partial charge in [-0.2, -0.15) is 8.78 Å². The summed E-state index contributed by atoms with van der Waals surface area (Å²) in [6.07, 6.45) is 0.277. The second-order valence-corrected chi connectivity index (χ2v) is 9.94. The summed E-state index contributed by atoms with van der Waals surface area (Å²) in [6, 6.07) is 13.5. The van der Waals surface area contributed by atoms with E-state index in [4.69, 9.17) is 0 Å². The first-order chi connectivity index (χ1) is 14.9. The van der Waals surface area contributed by atoms with Gasteiger partial charge < -0.3 is 9.64 Å². The zero-order chi connectivity index (χ0) is 23.7. The van der Waals surface area contributed by atoms with E-state index in [1.54, 1.807) is 13.8 Å². The lowest BCUT2D eigenvalue weighted by molar-refractivity contribution is -0.160. The molecule has 1 N–H and O–H groups in total. The summed E-state index contributed by atoms with van der Waals surface area (Å²) in [5.41, 5.74) is -1.53. The number of likely N-dealkylation sites (tertiary alicyclic amines) is 1. The van der Waals surface area contributed by atoms with Crippen LogP contribution in [0.25, 0.3) is 0 Å². The van der Waals surface area contributed by atoms with Gasteiger partial charge in [-0.05, 0) is 44.9 Å². The first-order valence-electron chi connectivity index (χ1n) is 9.88. The number of rotatable bonds is 7. The molecule has 0 aliphatic carbocycles. The quantitative estimate of drug-likeness (QED) is 0.677. The highest BCUT2D eigenvalue weighted by atomic mass is 32.2. The van der Waals surface area contributed by atoms with Gasteiger partial charge in [0.25, 0.3) is 15.9 Å². The number of carbonyl (C=O) groups excluding carboxylic acids is 2. The fourth-order valence-electron chi connectivity index (χ4n) is 3.54. The second kappa shape index (κ2) is 8.50. The van der Waals surface area contributed by atoms with Crippen molar-refractivity contribution in [1.29, 1.82) is 0 Å². The van der Waals surface area contributed by atoms with Crippen molar-refractivity contribution in [1.82, 2.24) is 9.62 Å². The van der Waals surface area contributed by atoms with Crippen LogP contribution >= 0.6 is 0 Å². The zero-order valence-corrected chi connectivity index (χ0v) is 18.7. The SMILES string of the molecule is CC(C)(C(=O)N1CCC1(C)C(=O)NS(=O)(=O)c1cccc(OC(F)F)c1)c1ccccc1. The van der Waals surface area contributed by atoms with E-state index in [1.165, 1.54) is 24.0 Å². The molecule has 10 heteroatoms. The molecule has 2 amide bonds. The maximum Gasteiger partial charge on any atom is 0.387 e. The van der Waals surface area contributed by atoms with Crippen molar-refractivity contribution in [3.63, 3.8) is 0 Å². The van der Waals surface area contributed by atoms with Crippen LogP contribution in [-0.2, 0) is 25.0 Å². The second-order valence-electron chi connectivity index (χ2n) is 8.26. The third-order valence-corrected chi connectivity index (χ3v) is 7.08. The van der Waals surface area contributed by atoms with Crippen LogP contribution in [-0.4, -0.2) is 43.8 Å². The number of ether oxygens (including phenoxy) is 1. The van der Waals surface area contributed by atoms with Crippen LogP contribution < -0.4 is 9.46 Å². The molecule has 2 aromatic rings. The third-order valence-electron chi connectivity index (χ3n) is 5.75. The molecule has 0 saturated carbocycles. The summed E-state index contributed by atoms with van der Waals surface area (Å²) in [7, 11) is -4.38. The van der Waals surface area contributed by atoms with Gasteiger partial charge >= 0.3 is 6.61 Å². The van der Waals surface area contributed by atoms with Crippen molar-refractivity contribution in [2.45, 2.75) is 49.7 Å². The average Bonchev–Trinajstić information content (AvgIpc) is 2.72. The van der Waals surface area contributed by atoms with Gasteiger partial charge in [-0.1, -0.05) is 36.4 Å². The van der Waals surface area contributed by atoms with Crippen molar-refractivity contribution < 1.29 is 31.5 Å². The van der Waals surface area contributed by atoms with E-state index in [9.17, 15) is 26.8 Å². The monoisotopic (exact) mass is 466 g/mol. The van der Waals surface area contributed by atoms with Crippen LogP contribution in [0.5, 0.6) is 5.75 Å². The largest absolute Gasteiger partial charge is 0.435 e. The summed E-state index contributed by atoms with van der Waals surface area (Å²) in [5, 5.41) is 0. The van der Waals surface area contributed by atoms with Crippen LogP contribution in [0.2, 0.25) is 0 Å². The highest BCUT2D eigenvalue weighted by Gasteiger charge is 2.53. The van der Waals surface area contributed by atoms with Crippen molar-refractivity contribution in [3.8, 4) is 5.75 Å². The molecule has 1 unspecified atom stereocenters. The summed E-state index contributed by atoms with van der Waals surface area (Å²) in [4.78, 5) is 27.2. The Balaban J connectivity index is 1.79. The molecule has 3 rings (SSSR count). The molecule has 1 heterocycles. The van der Waals surface area contributed by atoms with Crippen LogP contribution in [0.1, 0.15) is 32.8 Å². The number of amides is 2. The summed E-state index contributed by atoms with van der Waals surface area (Å²) < 4.78 is 56.4. The Hall–Kier alpha value is -3.01. The smallest absolute Gasteiger partial charge is 0.387 e. The van der Waals surface area contributed by atoms with Gasteiger partial charge in [0.2, 0.25) is 5.91 Å². The molecule has 0 spiro atoms. The lowest BCUT2D eigenvalue weighted by atomic mass is 9.78. The maximum absolute atomic E-state index is 13.3. The van der Waals surface area contributed by atoms with Gasteiger partial charge in [0.05, 0.1) is 10.3 Å². The predicted molar refractivity (Wildman–Crippen MR) is 113 cm³/mol. The highest BCUT2D eigenvalue weighted by Crippen LogP contribution is 2.37. The Morgan fingerprint density at radius 1 is 1.12 bits per heavy atom. The number of halogens is 2. The molecular formula is C22H24F2N2O5S. The first kappa shape index (κ1) is 23.6. The number of carbonyl (C=O) groups is 2. The topological polar surface area (TPSA) is 92.8 Å². The molecule has 7 nitrogen and oxygen atoms in total. The van der Waals surface area contributed by atoms with Crippen molar-refractivity contribution in [3.05, 3.63) is 60.2 Å². The fourth-order valence-corrected chi connectivity index (χ4v) is 4.66. The lowest BCUT2D eigenvalue weighted by Crippen LogP contribution is -2.69. The molecule has 0 radical (unpaired) electrons. The molecule has 1 aliphatic rings. The first-order valence-corrected chi connectivity index (χ1v) is 11.4. The van der Waals surface area contributed by atoms with E-state index < -0.39 is 38.4 Å². The summed E-state index contributed by atoms with van der Waals surface area (Å²) in [6.45, 7) is 2.16. The molecule has 32 heavy (non-hydrogen) atoms. The van der Waals surface area contributed by atoms with Crippen LogP contribution in [0.15, 0.2) is 59.5 Å². The third kappa shape index (κ3) is 4.45. The fraction of sp³-hybridized carbons (Fsp3) is 0.364. The van der Waals surface area contributed by atoms with Gasteiger partial charge in [0.1, 0.15) is 11.3 Å². The Morgan fingerprint density at radius 2 is 1.78 bits per heavy atom.